The summed E-state index contributed by atoms with van der Waals surface area (Å²) in [6.45, 7) is 7.08. The Bertz CT molecular complexity index is 222. The summed E-state index contributed by atoms with van der Waals surface area (Å²) in [5.74, 6) is 5.16. The Morgan fingerprint density at radius 3 is 2.56 bits per heavy atom. The van der Waals surface area contributed by atoms with E-state index in [1.54, 1.807) is 0 Å². The summed E-state index contributed by atoms with van der Waals surface area (Å²) < 4.78 is 5.36. The number of rotatable bonds is 10. The van der Waals surface area contributed by atoms with Crippen LogP contribution in [0.25, 0.3) is 0 Å². The Kier molecular flexibility index (Phi) is 9.92. The second kappa shape index (κ2) is 10.3. The van der Waals surface area contributed by atoms with Crippen molar-refractivity contribution in [2.24, 2.45) is 17.7 Å². The van der Waals surface area contributed by atoms with Gasteiger partial charge in [-0.2, -0.15) is 0 Å². The number of amides is 1. The van der Waals surface area contributed by atoms with Crippen molar-refractivity contribution in [2.45, 2.75) is 52.6 Å². The Morgan fingerprint density at radius 1 is 1.39 bits per heavy atom. The molecule has 0 radical (unpaired) electrons. The van der Waals surface area contributed by atoms with Crippen molar-refractivity contribution >= 4 is 5.91 Å². The fourth-order valence-corrected chi connectivity index (χ4v) is 1.76. The van der Waals surface area contributed by atoms with Crippen LogP contribution in [0.2, 0.25) is 0 Å². The third kappa shape index (κ3) is 8.44. The van der Waals surface area contributed by atoms with Gasteiger partial charge >= 0.3 is 0 Å². The summed E-state index contributed by atoms with van der Waals surface area (Å²) in [5, 5.41) is 9.83. The van der Waals surface area contributed by atoms with Crippen LogP contribution in [0.1, 0.15) is 46.5 Å². The largest absolute Gasteiger partial charge is 0.391 e. The molecule has 1 amide bonds. The summed E-state index contributed by atoms with van der Waals surface area (Å²) in [6.07, 6.45) is 2.52. The standard InChI is InChI=1S/C13H28N2O3/c1-4-5-6-11(13(17)15-14)7-12(16)9-18-8-10(2)3/h10-12,16H,4-9,14H2,1-3H3,(H,15,17)/t11-,12+/m0/s1. The van der Waals surface area contributed by atoms with Crippen LogP contribution in [0.5, 0.6) is 0 Å². The maximum absolute atomic E-state index is 11.5. The highest BCUT2D eigenvalue weighted by Gasteiger charge is 2.21. The van der Waals surface area contributed by atoms with E-state index in [4.69, 9.17) is 10.6 Å². The molecule has 0 aliphatic rings. The van der Waals surface area contributed by atoms with E-state index in [0.29, 0.717) is 18.9 Å². The number of ether oxygens (including phenoxy) is 1. The topological polar surface area (TPSA) is 84.6 Å². The lowest BCUT2D eigenvalue weighted by molar-refractivity contribution is -0.126. The van der Waals surface area contributed by atoms with Gasteiger partial charge < -0.3 is 9.84 Å². The van der Waals surface area contributed by atoms with Crippen LogP contribution >= 0.6 is 0 Å². The monoisotopic (exact) mass is 260 g/mol. The predicted molar refractivity (Wildman–Crippen MR) is 71.6 cm³/mol. The molecule has 5 nitrogen and oxygen atoms in total. The molecular weight excluding hydrogens is 232 g/mol. The van der Waals surface area contributed by atoms with Crippen molar-refractivity contribution in [1.82, 2.24) is 5.43 Å². The molecule has 0 saturated heterocycles. The molecule has 18 heavy (non-hydrogen) atoms. The summed E-state index contributed by atoms with van der Waals surface area (Å²) >= 11 is 0. The number of unbranched alkanes of at least 4 members (excludes halogenated alkanes) is 1. The van der Waals surface area contributed by atoms with Crippen LogP contribution in [-0.2, 0) is 9.53 Å². The first-order valence-corrected chi connectivity index (χ1v) is 6.77. The molecule has 0 unspecified atom stereocenters. The smallest absolute Gasteiger partial charge is 0.237 e. The predicted octanol–water partition coefficient (Wildman–Crippen LogP) is 1.21. The number of nitrogens with two attached hydrogens (primary N) is 1. The van der Waals surface area contributed by atoms with Crippen molar-refractivity contribution in [3.63, 3.8) is 0 Å². The molecule has 4 N–H and O–H groups in total. The van der Waals surface area contributed by atoms with Gasteiger partial charge in [-0.1, -0.05) is 33.6 Å². The zero-order valence-electron chi connectivity index (χ0n) is 11.8. The number of aliphatic hydroxyl groups is 1. The number of aliphatic hydroxyl groups excluding tert-OH is 1. The van der Waals surface area contributed by atoms with Gasteiger partial charge in [-0.15, -0.1) is 0 Å². The van der Waals surface area contributed by atoms with E-state index in [0.717, 1.165) is 19.3 Å². The SMILES string of the molecule is CCCC[C@@H](C[C@@H](O)COCC(C)C)C(=O)NN. The Hall–Kier alpha value is -0.650. The first-order chi connectivity index (χ1) is 8.51. The second-order valence-electron chi connectivity index (χ2n) is 5.17. The van der Waals surface area contributed by atoms with E-state index in [9.17, 15) is 9.90 Å². The molecule has 5 heteroatoms. The average molecular weight is 260 g/mol. The second-order valence-corrected chi connectivity index (χ2v) is 5.17. The Morgan fingerprint density at radius 2 is 2.06 bits per heavy atom. The lowest BCUT2D eigenvalue weighted by Crippen LogP contribution is -2.38. The minimum atomic E-state index is -0.608. The molecule has 0 bridgehead atoms. The van der Waals surface area contributed by atoms with Gasteiger partial charge in [0.05, 0.1) is 12.7 Å². The number of carbonyl (C=O) groups is 1. The van der Waals surface area contributed by atoms with Crippen LogP contribution in [0.3, 0.4) is 0 Å². The zero-order valence-corrected chi connectivity index (χ0v) is 11.8. The van der Waals surface area contributed by atoms with Crippen molar-refractivity contribution in [3.05, 3.63) is 0 Å². The normalized spacial score (nSPS) is 14.6. The van der Waals surface area contributed by atoms with Crippen LogP contribution in [0, 0.1) is 11.8 Å². The number of nitrogens with one attached hydrogen (secondary N) is 1. The number of carbonyl (C=O) groups excluding carboxylic acids is 1. The van der Waals surface area contributed by atoms with Gasteiger partial charge in [0.1, 0.15) is 0 Å². The highest BCUT2D eigenvalue weighted by atomic mass is 16.5. The van der Waals surface area contributed by atoms with E-state index >= 15 is 0 Å². The van der Waals surface area contributed by atoms with Crippen molar-refractivity contribution in [2.75, 3.05) is 13.2 Å². The van der Waals surface area contributed by atoms with E-state index in [1.807, 2.05) is 0 Å². The van der Waals surface area contributed by atoms with Gasteiger partial charge in [0.15, 0.2) is 0 Å². The van der Waals surface area contributed by atoms with E-state index < -0.39 is 6.10 Å². The Labute approximate surface area is 110 Å². The quantitative estimate of drug-likeness (QED) is 0.313. The average Bonchev–Trinajstić information content (AvgIpc) is 2.32. The van der Waals surface area contributed by atoms with Gasteiger partial charge in [0.25, 0.3) is 0 Å². The van der Waals surface area contributed by atoms with Crippen molar-refractivity contribution < 1.29 is 14.6 Å². The molecule has 0 spiro atoms. The molecular formula is C13H28N2O3. The zero-order chi connectivity index (χ0) is 14.0. The fourth-order valence-electron chi connectivity index (χ4n) is 1.76. The first-order valence-electron chi connectivity index (χ1n) is 6.77. The highest BCUT2D eigenvalue weighted by Crippen LogP contribution is 2.15. The minimum absolute atomic E-state index is 0.202. The molecule has 0 aromatic carbocycles. The van der Waals surface area contributed by atoms with Gasteiger partial charge in [0.2, 0.25) is 5.91 Å². The van der Waals surface area contributed by atoms with Crippen LogP contribution in [0.4, 0.5) is 0 Å². The van der Waals surface area contributed by atoms with E-state index in [2.05, 4.69) is 26.2 Å². The third-order valence-electron chi connectivity index (χ3n) is 2.74. The number of hydrogen-bond donors (Lipinski definition) is 3. The van der Waals surface area contributed by atoms with Crippen LogP contribution in [-0.4, -0.2) is 30.3 Å². The third-order valence-corrected chi connectivity index (χ3v) is 2.74. The van der Waals surface area contributed by atoms with Crippen molar-refractivity contribution in [3.8, 4) is 0 Å². The molecule has 0 heterocycles. The molecule has 108 valence electrons. The van der Waals surface area contributed by atoms with E-state index in [-0.39, 0.29) is 18.4 Å². The highest BCUT2D eigenvalue weighted by molar-refractivity contribution is 5.77. The number of hydrazine groups is 1. The van der Waals surface area contributed by atoms with Crippen LogP contribution < -0.4 is 11.3 Å². The maximum atomic E-state index is 11.5. The molecule has 0 aromatic heterocycles. The van der Waals surface area contributed by atoms with Crippen molar-refractivity contribution in [1.29, 1.82) is 0 Å². The first kappa shape index (κ1) is 17.4. The van der Waals surface area contributed by atoms with Crippen LogP contribution in [0.15, 0.2) is 0 Å². The summed E-state index contributed by atoms with van der Waals surface area (Å²) in [7, 11) is 0. The minimum Gasteiger partial charge on any atom is -0.391 e. The molecule has 2 atom stereocenters. The molecule has 0 aromatic rings. The van der Waals surface area contributed by atoms with Gasteiger partial charge in [-0.05, 0) is 18.8 Å². The molecule has 0 aliphatic heterocycles. The molecule has 0 rings (SSSR count). The Balaban J connectivity index is 4.01. The van der Waals surface area contributed by atoms with Gasteiger partial charge in [-0.25, -0.2) is 5.84 Å². The van der Waals surface area contributed by atoms with Gasteiger partial charge in [0, 0.05) is 12.5 Å². The number of hydrogen-bond acceptors (Lipinski definition) is 4. The summed E-state index contributed by atoms with van der Waals surface area (Å²) in [5.41, 5.74) is 2.16. The lowest BCUT2D eigenvalue weighted by atomic mass is 9.95. The molecule has 0 fully saturated rings. The summed E-state index contributed by atoms with van der Waals surface area (Å²) in [4.78, 5) is 11.5. The lowest BCUT2D eigenvalue weighted by Gasteiger charge is -2.19. The maximum Gasteiger partial charge on any atom is 0.237 e. The molecule has 0 saturated carbocycles. The summed E-state index contributed by atoms with van der Waals surface area (Å²) in [6, 6.07) is 0. The fraction of sp³-hybridized carbons (Fsp3) is 0.923. The van der Waals surface area contributed by atoms with Gasteiger partial charge in [-0.3, -0.25) is 10.2 Å². The molecule has 0 aliphatic carbocycles. The van der Waals surface area contributed by atoms with E-state index in [1.165, 1.54) is 0 Å².